The van der Waals surface area contributed by atoms with Crippen LogP contribution in [-0.4, -0.2) is 33.5 Å². The molecule has 0 bridgehead atoms. The van der Waals surface area contributed by atoms with E-state index in [1.54, 1.807) is 12.1 Å². The molecule has 0 radical (unpaired) electrons. The van der Waals surface area contributed by atoms with Crippen molar-refractivity contribution < 1.29 is 14.3 Å². The number of hydrogen-bond donors (Lipinski definition) is 1. The lowest BCUT2D eigenvalue weighted by molar-refractivity contribution is -0.142. The predicted molar refractivity (Wildman–Crippen MR) is 82.8 cm³/mol. The van der Waals surface area contributed by atoms with Crippen molar-refractivity contribution in [3.63, 3.8) is 0 Å². The second kappa shape index (κ2) is 6.10. The number of carboxylic acid groups (broad SMARTS) is 1. The maximum absolute atomic E-state index is 11.2. The second-order valence-electron chi connectivity index (χ2n) is 5.50. The van der Waals surface area contributed by atoms with Crippen molar-refractivity contribution in [2.75, 3.05) is 6.54 Å². The number of rotatable bonds is 4. The molecule has 1 aliphatic rings. The maximum atomic E-state index is 11.2. The maximum Gasteiger partial charge on any atom is 0.320 e. The van der Waals surface area contributed by atoms with Crippen LogP contribution in [0.25, 0.3) is 11.3 Å². The minimum absolute atomic E-state index is 0.422. The van der Waals surface area contributed by atoms with Gasteiger partial charge in [-0.15, -0.1) is 0 Å². The molecule has 2 heterocycles. The normalized spacial score (nSPS) is 18.7. The van der Waals surface area contributed by atoms with Gasteiger partial charge < -0.3 is 9.52 Å². The van der Waals surface area contributed by atoms with Crippen LogP contribution in [0.4, 0.5) is 0 Å². The Kier molecular flexibility index (Phi) is 4.18. The third-order valence-electron chi connectivity index (χ3n) is 3.93. The summed E-state index contributed by atoms with van der Waals surface area (Å²) in [6, 6.07) is 6.94. The Morgan fingerprint density at radius 2 is 2.18 bits per heavy atom. The molecule has 0 saturated carbocycles. The summed E-state index contributed by atoms with van der Waals surface area (Å²) in [4.78, 5) is 17.6. The topological polar surface area (TPSA) is 66.6 Å². The lowest BCUT2D eigenvalue weighted by Gasteiger charge is -2.18. The number of oxazole rings is 1. The molecule has 1 fully saturated rings. The summed E-state index contributed by atoms with van der Waals surface area (Å²) in [6.45, 7) is 3.07. The van der Waals surface area contributed by atoms with Crippen LogP contribution in [0.15, 0.2) is 28.7 Å². The molecule has 1 saturated heterocycles. The van der Waals surface area contributed by atoms with Gasteiger partial charge in [-0.3, -0.25) is 9.69 Å². The van der Waals surface area contributed by atoms with Crippen LogP contribution < -0.4 is 0 Å². The third kappa shape index (κ3) is 3.00. The van der Waals surface area contributed by atoms with Gasteiger partial charge in [0.05, 0.1) is 12.2 Å². The van der Waals surface area contributed by atoms with Gasteiger partial charge in [-0.05, 0) is 50.6 Å². The van der Waals surface area contributed by atoms with Crippen molar-refractivity contribution in [1.82, 2.24) is 9.88 Å². The smallest absolute Gasteiger partial charge is 0.320 e. The van der Waals surface area contributed by atoms with Gasteiger partial charge in [0, 0.05) is 10.6 Å². The molecule has 22 heavy (non-hydrogen) atoms. The van der Waals surface area contributed by atoms with Gasteiger partial charge in [0.25, 0.3) is 0 Å². The highest BCUT2D eigenvalue weighted by molar-refractivity contribution is 6.30. The molecule has 1 atom stereocenters. The fraction of sp³-hybridized carbons (Fsp3) is 0.375. The molecule has 3 rings (SSSR count). The monoisotopic (exact) mass is 320 g/mol. The minimum Gasteiger partial charge on any atom is -0.480 e. The van der Waals surface area contributed by atoms with E-state index in [2.05, 4.69) is 4.98 Å². The largest absolute Gasteiger partial charge is 0.480 e. The zero-order valence-corrected chi connectivity index (χ0v) is 13.0. The van der Waals surface area contributed by atoms with E-state index in [-0.39, 0.29) is 0 Å². The van der Waals surface area contributed by atoms with Crippen LogP contribution in [0.2, 0.25) is 5.02 Å². The number of carbonyl (C=O) groups is 1. The lowest BCUT2D eigenvalue weighted by atomic mass is 10.1. The van der Waals surface area contributed by atoms with Crippen LogP contribution in [0.1, 0.15) is 24.4 Å². The van der Waals surface area contributed by atoms with Crippen molar-refractivity contribution in [3.05, 3.63) is 40.9 Å². The lowest BCUT2D eigenvalue weighted by Crippen LogP contribution is -2.35. The number of aliphatic carboxylic acids is 1. The van der Waals surface area contributed by atoms with E-state index >= 15 is 0 Å². The predicted octanol–water partition coefficient (Wildman–Crippen LogP) is 3.35. The van der Waals surface area contributed by atoms with E-state index in [1.165, 1.54) is 0 Å². The highest BCUT2D eigenvalue weighted by Crippen LogP contribution is 2.27. The highest BCUT2D eigenvalue weighted by Gasteiger charge is 2.31. The molecule has 1 aromatic heterocycles. The molecule has 5 nitrogen and oxygen atoms in total. The summed E-state index contributed by atoms with van der Waals surface area (Å²) in [5.41, 5.74) is 1.71. The van der Waals surface area contributed by atoms with Crippen LogP contribution >= 0.6 is 11.6 Å². The molecule has 0 amide bonds. The molecule has 2 aromatic rings. The van der Waals surface area contributed by atoms with Crippen molar-refractivity contribution in [3.8, 4) is 11.3 Å². The first-order valence-electron chi connectivity index (χ1n) is 7.23. The zero-order chi connectivity index (χ0) is 15.7. The Balaban J connectivity index is 1.80. The molecule has 0 unspecified atom stereocenters. The molecule has 116 valence electrons. The fourth-order valence-corrected chi connectivity index (χ4v) is 2.98. The SMILES string of the molecule is Cc1nc(CN2CCC[C@@H]2C(=O)O)oc1-c1ccc(Cl)cc1. The van der Waals surface area contributed by atoms with Crippen LogP contribution in [0, 0.1) is 6.92 Å². The summed E-state index contributed by atoms with van der Waals surface area (Å²) < 4.78 is 5.84. The van der Waals surface area contributed by atoms with Gasteiger partial charge in [0.15, 0.2) is 5.76 Å². The van der Waals surface area contributed by atoms with Crippen molar-refractivity contribution >= 4 is 17.6 Å². The second-order valence-corrected chi connectivity index (χ2v) is 5.93. The van der Waals surface area contributed by atoms with Gasteiger partial charge >= 0.3 is 5.97 Å². The van der Waals surface area contributed by atoms with Crippen molar-refractivity contribution in [2.24, 2.45) is 0 Å². The number of aromatic nitrogens is 1. The van der Waals surface area contributed by atoms with E-state index in [0.29, 0.717) is 29.6 Å². The molecule has 1 N–H and O–H groups in total. The quantitative estimate of drug-likeness (QED) is 0.935. The summed E-state index contributed by atoms with van der Waals surface area (Å²) in [6.07, 6.45) is 1.57. The third-order valence-corrected chi connectivity index (χ3v) is 4.19. The number of nitrogens with zero attached hydrogens (tertiary/aromatic N) is 2. The van der Waals surface area contributed by atoms with E-state index in [9.17, 15) is 9.90 Å². The number of likely N-dealkylation sites (tertiary alicyclic amines) is 1. The fourth-order valence-electron chi connectivity index (χ4n) is 2.86. The van der Waals surface area contributed by atoms with Gasteiger partial charge in [0.1, 0.15) is 6.04 Å². The summed E-state index contributed by atoms with van der Waals surface area (Å²) >= 11 is 5.89. The summed E-state index contributed by atoms with van der Waals surface area (Å²) in [7, 11) is 0. The molecular formula is C16H17ClN2O3. The van der Waals surface area contributed by atoms with Crippen LogP contribution in [0.3, 0.4) is 0 Å². The number of halogens is 1. The molecule has 0 spiro atoms. The zero-order valence-electron chi connectivity index (χ0n) is 12.3. The molecule has 6 heteroatoms. The Morgan fingerprint density at radius 3 is 2.86 bits per heavy atom. The average molecular weight is 321 g/mol. The first-order valence-corrected chi connectivity index (χ1v) is 7.61. The van der Waals surface area contributed by atoms with Gasteiger partial charge in [0.2, 0.25) is 5.89 Å². The minimum atomic E-state index is -0.779. The van der Waals surface area contributed by atoms with Crippen molar-refractivity contribution in [1.29, 1.82) is 0 Å². The highest BCUT2D eigenvalue weighted by atomic mass is 35.5. The summed E-state index contributed by atoms with van der Waals surface area (Å²) in [5, 5.41) is 9.89. The summed E-state index contributed by atoms with van der Waals surface area (Å²) in [5.74, 6) is 0.479. The van der Waals surface area contributed by atoms with Crippen molar-refractivity contribution in [2.45, 2.75) is 32.4 Å². The van der Waals surface area contributed by atoms with Gasteiger partial charge in [-0.25, -0.2) is 4.98 Å². The van der Waals surface area contributed by atoms with Gasteiger partial charge in [-0.1, -0.05) is 11.6 Å². The molecule has 1 aliphatic heterocycles. The van der Waals surface area contributed by atoms with E-state index < -0.39 is 12.0 Å². The Labute approximate surface area is 133 Å². The first-order chi connectivity index (χ1) is 10.5. The molecular weight excluding hydrogens is 304 g/mol. The Bertz CT molecular complexity index is 681. The van der Waals surface area contributed by atoms with Gasteiger partial charge in [-0.2, -0.15) is 0 Å². The number of hydrogen-bond acceptors (Lipinski definition) is 4. The van der Waals surface area contributed by atoms with E-state index in [4.69, 9.17) is 16.0 Å². The number of benzene rings is 1. The number of aryl methyl sites for hydroxylation is 1. The molecule has 1 aromatic carbocycles. The van der Waals surface area contributed by atoms with Crippen LogP contribution in [-0.2, 0) is 11.3 Å². The van der Waals surface area contributed by atoms with E-state index in [1.807, 2.05) is 24.0 Å². The number of carboxylic acids is 1. The molecule has 0 aliphatic carbocycles. The first kappa shape index (κ1) is 15.1. The Morgan fingerprint density at radius 1 is 1.45 bits per heavy atom. The van der Waals surface area contributed by atoms with E-state index in [0.717, 1.165) is 24.2 Å². The van der Waals surface area contributed by atoms with Crippen LogP contribution in [0.5, 0.6) is 0 Å². The standard InChI is InChI=1S/C16H17ClN2O3/c1-10-15(11-4-6-12(17)7-5-11)22-14(18-10)9-19-8-2-3-13(19)16(20)21/h4-7,13H,2-3,8-9H2,1H3,(H,20,21)/t13-/m1/s1. The average Bonchev–Trinajstić information content (AvgIpc) is 3.07. The Hall–Kier alpha value is -1.85.